The van der Waals surface area contributed by atoms with E-state index in [9.17, 15) is 4.79 Å². The monoisotopic (exact) mass is 244 g/mol. The summed E-state index contributed by atoms with van der Waals surface area (Å²) < 4.78 is 0. The lowest BCUT2D eigenvalue weighted by Gasteiger charge is -2.22. The third-order valence-electron chi connectivity index (χ3n) is 2.93. The van der Waals surface area contributed by atoms with Gasteiger partial charge in [-0.2, -0.15) is 5.26 Å². The van der Waals surface area contributed by atoms with Gasteiger partial charge in [-0.05, 0) is 25.5 Å². The van der Waals surface area contributed by atoms with E-state index >= 15 is 0 Å². The second-order valence-electron chi connectivity index (χ2n) is 4.29. The van der Waals surface area contributed by atoms with Crippen LogP contribution in [-0.4, -0.2) is 12.5 Å². The van der Waals surface area contributed by atoms with Gasteiger partial charge < -0.3 is 4.90 Å². The number of nitriles is 1. The van der Waals surface area contributed by atoms with Crippen molar-refractivity contribution < 1.29 is 4.79 Å². The van der Waals surface area contributed by atoms with Crippen LogP contribution in [0.1, 0.15) is 33.1 Å². The summed E-state index contributed by atoms with van der Waals surface area (Å²) in [4.78, 5) is 13.9. The summed E-state index contributed by atoms with van der Waals surface area (Å²) >= 11 is 0. The van der Waals surface area contributed by atoms with Gasteiger partial charge in [0.25, 0.3) is 0 Å². The van der Waals surface area contributed by atoms with Crippen LogP contribution in [-0.2, 0) is 4.79 Å². The largest absolute Gasteiger partial charge is 0.313 e. The van der Waals surface area contributed by atoms with Crippen molar-refractivity contribution in [2.45, 2.75) is 33.1 Å². The molecule has 1 aromatic carbocycles. The van der Waals surface area contributed by atoms with Gasteiger partial charge in [0, 0.05) is 18.7 Å². The molecule has 1 unspecified atom stereocenters. The molecule has 0 aliphatic heterocycles. The number of para-hydroxylation sites is 1. The molecule has 1 rings (SSSR count). The molecular formula is C15H20N2O. The zero-order valence-electron chi connectivity index (χ0n) is 11.1. The topological polar surface area (TPSA) is 44.1 Å². The fourth-order valence-corrected chi connectivity index (χ4v) is 1.99. The number of amides is 1. The predicted octanol–water partition coefficient (Wildman–Crippen LogP) is 3.37. The maximum atomic E-state index is 12.2. The van der Waals surface area contributed by atoms with Gasteiger partial charge in [-0.3, -0.25) is 4.79 Å². The molecule has 0 aliphatic rings. The fourth-order valence-electron chi connectivity index (χ4n) is 1.99. The summed E-state index contributed by atoms with van der Waals surface area (Å²) in [5.41, 5.74) is 0.901. The Morgan fingerprint density at radius 2 is 2.00 bits per heavy atom. The van der Waals surface area contributed by atoms with E-state index in [1.54, 1.807) is 4.90 Å². The highest BCUT2D eigenvalue weighted by molar-refractivity contribution is 5.93. The third-order valence-corrected chi connectivity index (χ3v) is 2.93. The number of rotatable bonds is 6. The highest BCUT2D eigenvalue weighted by Crippen LogP contribution is 2.17. The highest BCUT2D eigenvalue weighted by atomic mass is 16.2. The van der Waals surface area contributed by atoms with E-state index in [0.717, 1.165) is 18.5 Å². The Balaban J connectivity index is 2.72. The van der Waals surface area contributed by atoms with E-state index in [2.05, 4.69) is 6.07 Å². The predicted molar refractivity (Wildman–Crippen MR) is 73.1 cm³/mol. The van der Waals surface area contributed by atoms with E-state index in [4.69, 9.17) is 5.26 Å². The molecule has 0 heterocycles. The van der Waals surface area contributed by atoms with E-state index in [1.807, 2.05) is 44.2 Å². The normalized spacial score (nSPS) is 11.6. The Morgan fingerprint density at radius 1 is 1.33 bits per heavy atom. The molecule has 1 aromatic rings. The van der Waals surface area contributed by atoms with Crippen molar-refractivity contribution in [3.05, 3.63) is 30.3 Å². The Hall–Kier alpha value is -1.82. The smallest absolute Gasteiger partial charge is 0.228 e. The van der Waals surface area contributed by atoms with Gasteiger partial charge in [0.05, 0.1) is 12.0 Å². The van der Waals surface area contributed by atoms with Gasteiger partial charge >= 0.3 is 0 Å². The SMILES string of the molecule is CCCC(C#N)CC(=O)N(CC)c1ccccc1. The molecule has 0 radical (unpaired) electrons. The number of hydrogen-bond acceptors (Lipinski definition) is 2. The van der Waals surface area contributed by atoms with Crippen molar-refractivity contribution in [1.29, 1.82) is 5.26 Å². The molecule has 0 aliphatic carbocycles. The fraction of sp³-hybridized carbons (Fsp3) is 0.467. The van der Waals surface area contributed by atoms with Crippen molar-refractivity contribution in [2.75, 3.05) is 11.4 Å². The number of anilines is 1. The number of carbonyl (C=O) groups excluding carboxylic acids is 1. The lowest BCUT2D eigenvalue weighted by molar-refractivity contribution is -0.119. The van der Waals surface area contributed by atoms with Crippen LogP contribution in [0.4, 0.5) is 5.69 Å². The maximum Gasteiger partial charge on any atom is 0.228 e. The summed E-state index contributed by atoms with van der Waals surface area (Å²) in [7, 11) is 0. The Kier molecular flexibility index (Phi) is 5.93. The van der Waals surface area contributed by atoms with E-state index < -0.39 is 0 Å². The highest BCUT2D eigenvalue weighted by Gasteiger charge is 2.18. The minimum absolute atomic E-state index is 0.0312. The van der Waals surface area contributed by atoms with Crippen LogP contribution >= 0.6 is 0 Å². The van der Waals surface area contributed by atoms with Gasteiger partial charge in [-0.25, -0.2) is 0 Å². The molecule has 0 spiro atoms. The molecule has 0 saturated heterocycles. The first-order chi connectivity index (χ1) is 8.72. The Morgan fingerprint density at radius 3 is 2.50 bits per heavy atom. The molecular weight excluding hydrogens is 224 g/mol. The molecule has 1 atom stereocenters. The van der Waals surface area contributed by atoms with Crippen LogP contribution < -0.4 is 4.90 Å². The van der Waals surface area contributed by atoms with Crippen molar-refractivity contribution >= 4 is 11.6 Å². The van der Waals surface area contributed by atoms with E-state index in [1.165, 1.54) is 0 Å². The first kappa shape index (κ1) is 14.2. The molecule has 0 N–H and O–H groups in total. The Bertz CT molecular complexity index is 408. The summed E-state index contributed by atoms with van der Waals surface area (Å²) in [5, 5.41) is 9.01. The average Bonchev–Trinajstić information content (AvgIpc) is 2.40. The van der Waals surface area contributed by atoms with Crippen LogP contribution in [0.2, 0.25) is 0 Å². The first-order valence-corrected chi connectivity index (χ1v) is 6.47. The van der Waals surface area contributed by atoms with Crippen molar-refractivity contribution in [1.82, 2.24) is 0 Å². The summed E-state index contributed by atoms with van der Waals surface area (Å²) in [6.45, 7) is 4.61. The molecule has 0 bridgehead atoms. The molecule has 0 fully saturated rings. The molecule has 0 saturated carbocycles. The summed E-state index contributed by atoms with van der Waals surface area (Å²) in [6.07, 6.45) is 2.03. The van der Waals surface area contributed by atoms with E-state index in [0.29, 0.717) is 13.0 Å². The maximum absolute atomic E-state index is 12.2. The lowest BCUT2D eigenvalue weighted by atomic mass is 10.0. The molecule has 96 valence electrons. The second kappa shape index (κ2) is 7.50. The standard InChI is InChI=1S/C15H20N2O/c1-3-8-13(12-16)11-15(18)17(4-2)14-9-6-5-7-10-14/h5-7,9-10,13H,3-4,8,11H2,1-2H3. The molecule has 18 heavy (non-hydrogen) atoms. The zero-order chi connectivity index (χ0) is 13.4. The van der Waals surface area contributed by atoms with Crippen LogP contribution in [0.25, 0.3) is 0 Å². The van der Waals surface area contributed by atoms with Crippen LogP contribution in [0.3, 0.4) is 0 Å². The van der Waals surface area contributed by atoms with Crippen LogP contribution in [0.5, 0.6) is 0 Å². The van der Waals surface area contributed by atoms with E-state index in [-0.39, 0.29) is 11.8 Å². The molecule has 1 amide bonds. The summed E-state index contributed by atoms with van der Waals surface area (Å²) in [6, 6.07) is 11.8. The van der Waals surface area contributed by atoms with Gasteiger partial charge in [-0.15, -0.1) is 0 Å². The van der Waals surface area contributed by atoms with Gasteiger partial charge in [0.2, 0.25) is 5.91 Å². The third kappa shape index (κ3) is 3.89. The first-order valence-electron chi connectivity index (χ1n) is 6.47. The summed E-state index contributed by atoms with van der Waals surface area (Å²) in [5.74, 6) is -0.135. The minimum atomic E-state index is -0.166. The second-order valence-corrected chi connectivity index (χ2v) is 4.29. The molecule has 0 aromatic heterocycles. The average molecular weight is 244 g/mol. The van der Waals surface area contributed by atoms with Crippen molar-refractivity contribution in [3.63, 3.8) is 0 Å². The lowest BCUT2D eigenvalue weighted by Crippen LogP contribution is -2.31. The quantitative estimate of drug-likeness (QED) is 0.770. The van der Waals surface area contributed by atoms with Crippen molar-refractivity contribution in [2.24, 2.45) is 5.92 Å². The van der Waals surface area contributed by atoms with Crippen molar-refractivity contribution in [3.8, 4) is 6.07 Å². The number of hydrogen-bond donors (Lipinski definition) is 0. The molecule has 3 heteroatoms. The van der Waals surface area contributed by atoms with Gasteiger partial charge in [-0.1, -0.05) is 31.5 Å². The van der Waals surface area contributed by atoms with Crippen LogP contribution in [0.15, 0.2) is 30.3 Å². The minimum Gasteiger partial charge on any atom is -0.313 e. The number of benzene rings is 1. The van der Waals surface area contributed by atoms with Crippen LogP contribution in [0, 0.1) is 17.2 Å². The molecule has 3 nitrogen and oxygen atoms in total. The zero-order valence-corrected chi connectivity index (χ0v) is 11.1. The van der Waals surface area contributed by atoms with Gasteiger partial charge in [0.1, 0.15) is 0 Å². The number of nitrogens with zero attached hydrogens (tertiary/aromatic N) is 2. The van der Waals surface area contributed by atoms with Gasteiger partial charge in [0.15, 0.2) is 0 Å². The number of carbonyl (C=O) groups is 1. The Labute approximate surface area is 109 Å².